The fraction of sp³-hybridized carbons (Fsp3) is 0. The van der Waals surface area contributed by atoms with Gasteiger partial charge in [-0.1, -0.05) is 224 Å². The number of para-hydroxylation sites is 4. The van der Waals surface area contributed by atoms with Crippen LogP contribution in [0.25, 0.3) is 44.5 Å². The second-order valence-corrected chi connectivity index (χ2v) is 27.5. The molecule has 0 unspecified atom stereocenters. The maximum absolute atomic E-state index is 6.71. The van der Waals surface area contributed by atoms with Crippen molar-refractivity contribution in [2.24, 2.45) is 0 Å². The SMILES string of the molecule is c1ccc(-c2cc(-c3ccc4oc5ccc(N6c7ccccc7[Si](c7ccccc7)(c7ccccc7)c7ccccc76)cc5c4c3)nc(N3c4ccccc4[Si](c4ccccc4)(c4ccccc4)c4ccccc43)n2)cc1. The number of rotatable bonds is 8. The molecule has 0 spiro atoms. The van der Waals surface area contributed by atoms with Gasteiger partial charge >= 0.3 is 0 Å². The van der Waals surface area contributed by atoms with Crippen molar-refractivity contribution in [3.05, 3.63) is 291 Å². The van der Waals surface area contributed by atoms with Crippen LogP contribution in [0, 0.1) is 0 Å². The van der Waals surface area contributed by atoms with Gasteiger partial charge in [0.15, 0.2) is 16.1 Å². The van der Waals surface area contributed by atoms with Gasteiger partial charge in [0, 0.05) is 50.3 Å². The van der Waals surface area contributed by atoms with Crippen molar-refractivity contribution in [3.63, 3.8) is 0 Å². The maximum Gasteiger partial charge on any atom is 0.235 e. The summed E-state index contributed by atoms with van der Waals surface area (Å²) in [5.41, 5.74) is 10.9. The van der Waals surface area contributed by atoms with E-state index in [1.807, 2.05) is 0 Å². The molecular formula is C70H48N4OSi2. The molecule has 362 valence electrons. The third kappa shape index (κ3) is 6.84. The number of furan rings is 1. The monoisotopic (exact) mass is 1020 g/mol. The van der Waals surface area contributed by atoms with Crippen molar-refractivity contribution in [2.75, 3.05) is 9.80 Å². The zero-order valence-electron chi connectivity index (χ0n) is 41.9. The van der Waals surface area contributed by atoms with E-state index in [0.717, 1.165) is 61.5 Å². The van der Waals surface area contributed by atoms with Crippen LogP contribution in [0.15, 0.2) is 296 Å². The molecule has 0 aliphatic carbocycles. The molecular weight excluding hydrogens is 969 g/mol. The van der Waals surface area contributed by atoms with Crippen molar-refractivity contribution in [1.29, 1.82) is 0 Å². The Morgan fingerprint density at radius 1 is 0.286 bits per heavy atom. The molecule has 2 aliphatic heterocycles. The highest BCUT2D eigenvalue weighted by Crippen LogP contribution is 2.43. The smallest absolute Gasteiger partial charge is 0.235 e. The summed E-state index contributed by atoms with van der Waals surface area (Å²) in [6, 6.07) is 106. The first-order valence-corrected chi connectivity index (χ1v) is 30.3. The third-order valence-corrected chi connectivity index (χ3v) is 25.7. The van der Waals surface area contributed by atoms with E-state index in [1.54, 1.807) is 0 Å². The van der Waals surface area contributed by atoms with Crippen LogP contribution < -0.4 is 51.3 Å². The molecule has 0 amide bonds. The van der Waals surface area contributed by atoms with Crippen molar-refractivity contribution >= 4 is 114 Å². The standard InChI is InChI=1S/C70H48N4OSi2/c1-6-24-49(25-7-1)58-48-59(72-70(71-58)74-62-36-18-22-40-68(62)77(54-30-12-4-13-31-54,55-32-14-5-15-33-55)69-41-23-19-37-63(69)74)50-42-44-64-56(46-50)57-47-51(43-45-65(57)75-64)73-60-34-16-20-38-66(60)76(52-26-8-2-9-27-52,53-28-10-3-11-29-53)67-39-21-17-35-61(67)73/h1-48H. The van der Waals surface area contributed by atoms with Gasteiger partial charge in [0.2, 0.25) is 5.95 Å². The van der Waals surface area contributed by atoms with Gasteiger partial charge in [-0.15, -0.1) is 0 Å². The number of aromatic nitrogens is 2. The average Bonchev–Trinajstić information content (AvgIpc) is 4.03. The first-order chi connectivity index (χ1) is 38.2. The molecule has 5 nitrogen and oxygen atoms in total. The van der Waals surface area contributed by atoms with Crippen LogP contribution in [-0.2, 0) is 0 Å². The van der Waals surface area contributed by atoms with E-state index >= 15 is 0 Å². The van der Waals surface area contributed by atoms with Crippen LogP contribution in [0.1, 0.15) is 0 Å². The summed E-state index contributed by atoms with van der Waals surface area (Å²) in [6.07, 6.45) is 0. The Morgan fingerprint density at radius 3 is 1.08 bits per heavy atom. The normalized spacial score (nSPS) is 13.9. The lowest BCUT2D eigenvalue weighted by molar-refractivity contribution is 0.669. The predicted molar refractivity (Wildman–Crippen MR) is 324 cm³/mol. The van der Waals surface area contributed by atoms with Gasteiger partial charge in [0.25, 0.3) is 0 Å². The van der Waals surface area contributed by atoms with Gasteiger partial charge in [0.1, 0.15) is 11.2 Å². The molecule has 0 saturated carbocycles. The molecule has 15 rings (SSSR count). The van der Waals surface area contributed by atoms with Gasteiger partial charge in [-0.25, -0.2) is 9.97 Å². The van der Waals surface area contributed by atoms with Gasteiger partial charge in [-0.05, 0) is 108 Å². The largest absolute Gasteiger partial charge is 0.456 e. The first kappa shape index (κ1) is 44.8. The quantitative estimate of drug-likeness (QED) is 0.142. The fourth-order valence-electron chi connectivity index (χ4n) is 12.8. The molecule has 7 heteroatoms. The van der Waals surface area contributed by atoms with Crippen LogP contribution in [-0.4, -0.2) is 26.1 Å². The van der Waals surface area contributed by atoms with E-state index in [9.17, 15) is 0 Å². The van der Waals surface area contributed by atoms with Crippen LogP contribution in [0.3, 0.4) is 0 Å². The summed E-state index contributed by atoms with van der Waals surface area (Å²) in [4.78, 5) is 15.9. The lowest BCUT2D eigenvalue weighted by Gasteiger charge is -2.45. The lowest BCUT2D eigenvalue weighted by atomic mass is 10.0. The Balaban J connectivity index is 0.909. The molecule has 2 aromatic heterocycles. The van der Waals surface area contributed by atoms with E-state index in [1.165, 1.54) is 52.9 Å². The summed E-state index contributed by atoms with van der Waals surface area (Å²) in [7, 11) is -5.64. The minimum atomic E-state index is -2.86. The van der Waals surface area contributed by atoms with Gasteiger partial charge in [-0.3, -0.25) is 4.90 Å². The Morgan fingerprint density at radius 2 is 0.636 bits per heavy atom. The van der Waals surface area contributed by atoms with Crippen LogP contribution in [0.2, 0.25) is 0 Å². The minimum absolute atomic E-state index is 0.609. The third-order valence-electron chi connectivity index (χ3n) is 16.0. The number of nitrogens with zero attached hydrogens (tertiary/aromatic N) is 4. The second kappa shape index (κ2) is 18.0. The fourth-order valence-corrected chi connectivity index (χ4v) is 23.0. The maximum atomic E-state index is 6.71. The van der Waals surface area contributed by atoms with Gasteiger partial charge in [-0.2, -0.15) is 0 Å². The predicted octanol–water partition coefficient (Wildman–Crippen LogP) is 12.0. The molecule has 11 aromatic carbocycles. The van der Waals surface area contributed by atoms with Crippen molar-refractivity contribution < 1.29 is 4.42 Å². The molecule has 0 radical (unpaired) electrons. The molecule has 77 heavy (non-hydrogen) atoms. The lowest BCUT2D eigenvalue weighted by Crippen LogP contribution is -2.77. The van der Waals surface area contributed by atoms with Crippen molar-refractivity contribution in [1.82, 2.24) is 9.97 Å². The summed E-state index contributed by atoms with van der Waals surface area (Å²) < 4.78 is 6.71. The molecule has 13 aromatic rings. The average molecular weight is 1020 g/mol. The second-order valence-electron chi connectivity index (χ2n) is 20.0. The highest BCUT2D eigenvalue weighted by atomic mass is 28.3. The van der Waals surface area contributed by atoms with Crippen LogP contribution >= 0.6 is 0 Å². The Bertz CT molecular complexity index is 4180. The van der Waals surface area contributed by atoms with E-state index in [0.29, 0.717) is 5.95 Å². The Hall–Kier alpha value is -9.67. The molecule has 4 heterocycles. The molecule has 0 fully saturated rings. The Kier molecular flexibility index (Phi) is 10.5. The van der Waals surface area contributed by atoms with Crippen molar-refractivity contribution in [3.8, 4) is 22.5 Å². The highest BCUT2D eigenvalue weighted by molar-refractivity contribution is 7.22. The van der Waals surface area contributed by atoms with E-state index in [-0.39, 0.29) is 0 Å². The summed E-state index contributed by atoms with van der Waals surface area (Å²) in [6.45, 7) is 0. The number of hydrogen-bond donors (Lipinski definition) is 0. The molecule has 0 N–H and O–H groups in total. The van der Waals surface area contributed by atoms with E-state index in [4.69, 9.17) is 14.4 Å². The molecule has 0 bridgehead atoms. The first-order valence-electron chi connectivity index (χ1n) is 26.3. The highest BCUT2D eigenvalue weighted by Gasteiger charge is 2.50. The zero-order valence-corrected chi connectivity index (χ0v) is 43.9. The minimum Gasteiger partial charge on any atom is -0.456 e. The van der Waals surface area contributed by atoms with Crippen molar-refractivity contribution in [2.45, 2.75) is 0 Å². The summed E-state index contributed by atoms with van der Waals surface area (Å²) >= 11 is 0. The van der Waals surface area contributed by atoms with Gasteiger partial charge < -0.3 is 9.32 Å². The van der Waals surface area contributed by atoms with Crippen LogP contribution in [0.4, 0.5) is 34.4 Å². The zero-order chi connectivity index (χ0) is 50.9. The number of hydrogen-bond acceptors (Lipinski definition) is 5. The molecule has 0 atom stereocenters. The topological polar surface area (TPSA) is 45.4 Å². The number of benzene rings is 11. The van der Waals surface area contributed by atoms with E-state index < -0.39 is 16.1 Å². The number of fused-ring (bicyclic) bond motifs is 7. The summed E-state index contributed by atoms with van der Waals surface area (Å²) in [5, 5.41) is 12.7. The Labute approximate surface area is 449 Å². The molecule has 2 aliphatic rings. The molecule has 0 saturated heterocycles. The van der Waals surface area contributed by atoms with Crippen LogP contribution in [0.5, 0.6) is 0 Å². The van der Waals surface area contributed by atoms with Gasteiger partial charge in [0.05, 0.1) is 11.4 Å². The summed E-state index contributed by atoms with van der Waals surface area (Å²) in [5.74, 6) is 0.609. The van der Waals surface area contributed by atoms with E-state index in [2.05, 4.69) is 301 Å². The number of anilines is 6.